The van der Waals surface area contributed by atoms with Gasteiger partial charge in [0.05, 0.1) is 22.8 Å². The monoisotopic (exact) mass is 484 g/mol. The van der Waals surface area contributed by atoms with Crippen LogP contribution in [0.15, 0.2) is 71.9 Å². The third-order valence-electron chi connectivity index (χ3n) is 5.75. The third kappa shape index (κ3) is 5.43. The Labute approximate surface area is 199 Å². The molecule has 8 heteroatoms. The van der Waals surface area contributed by atoms with Crippen LogP contribution in [0.2, 0.25) is 5.02 Å². The molecule has 172 valence electrons. The van der Waals surface area contributed by atoms with E-state index in [0.717, 1.165) is 18.4 Å². The SMILES string of the molecule is C[C@@H]1CC(c2ccc(S(=O)(=O)Nc3ccc(Cl)cc3C(=O)c3cccnc3)cc2)C[C@H](C)O1. The fourth-order valence-electron chi connectivity index (χ4n) is 4.25. The van der Waals surface area contributed by atoms with Gasteiger partial charge in [0.2, 0.25) is 0 Å². The molecule has 6 nitrogen and oxygen atoms in total. The average Bonchev–Trinajstić information content (AvgIpc) is 2.80. The number of carbonyl (C=O) groups is 1. The maximum absolute atomic E-state index is 13.1. The van der Waals surface area contributed by atoms with Gasteiger partial charge in [-0.15, -0.1) is 0 Å². The van der Waals surface area contributed by atoms with Gasteiger partial charge >= 0.3 is 0 Å². The van der Waals surface area contributed by atoms with Gasteiger partial charge in [-0.05, 0) is 80.6 Å². The maximum atomic E-state index is 13.1. The van der Waals surface area contributed by atoms with Crippen LogP contribution in [-0.2, 0) is 14.8 Å². The Morgan fingerprint density at radius 3 is 2.39 bits per heavy atom. The van der Waals surface area contributed by atoms with Crippen molar-refractivity contribution in [1.29, 1.82) is 0 Å². The van der Waals surface area contributed by atoms with Crippen LogP contribution in [0.1, 0.15) is 54.1 Å². The number of rotatable bonds is 6. The number of nitrogens with zero attached hydrogens (tertiary/aromatic N) is 1. The first-order chi connectivity index (χ1) is 15.7. The van der Waals surface area contributed by atoms with Gasteiger partial charge < -0.3 is 4.74 Å². The molecule has 2 aromatic carbocycles. The van der Waals surface area contributed by atoms with E-state index in [0.29, 0.717) is 16.5 Å². The largest absolute Gasteiger partial charge is 0.376 e. The van der Waals surface area contributed by atoms with Crippen molar-refractivity contribution in [2.75, 3.05) is 4.72 Å². The summed E-state index contributed by atoms with van der Waals surface area (Å²) in [7, 11) is -3.92. The number of ether oxygens (including phenoxy) is 1. The minimum absolute atomic E-state index is 0.120. The van der Waals surface area contributed by atoms with Gasteiger partial charge in [-0.2, -0.15) is 0 Å². The summed E-state index contributed by atoms with van der Waals surface area (Å²) < 4.78 is 34.6. The van der Waals surface area contributed by atoms with Crippen molar-refractivity contribution in [2.24, 2.45) is 0 Å². The molecule has 4 rings (SSSR count). The fraction of sp³-hybridized carbons (Fsp3) is 0.280. The van der Waals surface area contributed by atoms with Gasteiger partial charge in [0.25, 0.3) is 10.0 Å². The second-order valence-corrected chi connectivity index (χ2v) is 10.5. The molecule has 33 heavy (non-hydrogen) atoms. The molecule has 1 unspecified atom stereocenters. The molecule has 0 amide bonds. The molecular weight excluding hydrogens is 460 g/mol. The van der Waals surface area contributed by atoms with E-state index in [1.807, 2.05) is 12.1 Å². The lowest BCUT2D eigenvalue weighted by Crippen LogP contribution is -2.28. The van der Waals surface area contributed by atoms with Gasteiger partial charge in [0, 0.05) is 28.5 Å². The molecule has 1 aliphatic rings. The van der Waals surface area contributed by atoms with E-state index >= 15 is 0 Å². The summed E-state index contributed by atoms with van der Waals surface area (Å²) in [6.45, 7) is 4.11. The first-order valence-electron chi connectivity index (χ1n) is 10.8. The molecule has 3 atom stereocenters. The Morgan fingerprint density at radius 1 is 1.06 bits per heavy atom. The van der Waals surface area contributed by atoms with E-state index in [-0.39, 0.29) is 34.1 Å². The lowest BCUT2D eigenvalue weighted by molar-refractivity contribution is -0.0380. The van der Waals surface area contributed by atoms with Crippen LogP contribution < -0.4 is 4.72 Å². The van der Waals surface area contributed by atoms with Gasteiger partial charge in [0.1, 0.15) is 0 Å². The second kappa shape index (κ2) is 9.63. The molecule has 1 aliphatic heterocycles. The number of hydrogen-bond acceptors (Lipinski definition) is 5. The molecule has 1 aromatic heterocycles. The highest BCUT2D eigenvalue weighted by molar-refractivity contribution is 7.92. The molecule has 0 bridgehead atoms. The molecule has 1 fully saturated rings. The second-order valence-electron chi connectivity index (χ2n) is 8.36. The molecular formula is C25H25ClN2O4S. The molecule has 1 N–H and O–H groups in total. The number of carbonyl (C=O) groups excluding carboxylic acids is 1. The number of benzene rings is 2. The Balaban J connectivity index is 1.59. The van der Waals surface area contributed by atoms with Crippen LogP contribution in [0.4, 0.5) is 5.69 Å². The maximum Gasteiger partial charge on any atom is 0.261 e. The summed E-state index contributed by atoms with van der Waals surface area (Å²) in [5, 5.41) is 0.328. The van der Waals surface area contributed by atoms with Gasteiger partial charge in [-0.3, -0.25) is 14.5 Å². The smallest absolute Gasteiger partial charge is 0.261 e. The predicted molar refractivity (Wildman–Crippen MR) is 128 cm³/mol. The molecule has 3 aromatic rings. The zero-order chi connectivity index (χ0) is 23.6. The normalized spacial score (nSPS) is 20.9. The van der Waals surface area contributed by atoms with E-state index in [2.05, 4.69) is 23.6 Å². The number of aromatic nitrogens is 1. The standard InChI is InChI=1S/C25H25ClN2O4S/c1-16-12-20(13-17(2)32-16)18-5-8-22(9-6-18)33(30,31)28-24-10-7-21(26)14-23(24)25(29)19-4-3-11-27-15-19/h3-11,14-17,20,28H,12-13H2,1-2H3/t16-,17+,20?. The number of pyridine rings is 1. The lowest BCUT2D eigenvalue weighted by atomic mass is 9.86. The minimum atomic E-state index is -3.92. The van der Waals surface area contributed by atoms with Crippen LogP contribution >= 0.6 is 11.6 Å². The summed E-state index contributed by atoms with van der Waals surface area (Å²) in [6, 6.07) is 14.6. The van der Waals surface area contributed by atoms with Crippen molar-refractivity contribution < 1.29 is 17.9 Å². The highest BCUT2D eigenvalue weighted by Crippen LogP contribution is 2.34. The van der Waals surface area contributed by atoms with Gasteiger partial charge in [0.15, 0.2) is 5.78 Å². The highest BCUT2D eigenvalue weighted by Gasteiger charge is 2.26. The number of ketones is 1. The Morgan fingerprint density at radius 2 is 1.76 bits per heavy atom. The van der Waals surface area contributed by atoms with Crippen molar-refractivity contribution in [3.05, 3.63) is 88.7 Å². The Kier molecular flexibility index (Phi) is 6.83. The van der Waals surface area contributed by atoms with Crippen molar-refractivity contribution in [2.45, 2.75) is 49.7 Å². The quantitative estimate of drug-likeness (QED) is 0.471. The molecule has 0 saturated carbocycles. The van der Waals surface area contributed by atoms with Crippen LogP contribution in [-0.4, -0.2) is 31.4 Å². The van der Waals surface area contributed by atoms with Crippen LogP contribution in [0, 0.1) is 0 Å². The molecule has 1 saturated heterocycles. The van der Waals surface area contributed by atoms with Crippen LogP contribution in [0.3, 0.4) is 0 Å². The molecule has 0 radical (unpaired) electrons. The van der Waals surface area contributed by atoms with Crippen molar-refractivity contribution in [3.63, 3.8) is 0 Å². The third-order valence-corrected chi connectivity index (χ3v) is 7.37. The average molecular weight is 485 g/mol. The topological polar surface area (TPSA) is 85.4 Å². The van der Waals surface area contributed by atoms with Crippen LogP contribution in [0.5, 0.6) is 0 Å². The van der Waals surface area contributed by atoms with Crippen molar-refractivity contribution in [1.82, 2.24) is 4.98 Å². The Hall–Kier alpha value is -2.74. The highest BCUT2D eigenvalue weighted by atomic mass is 35.5. The first kappa shape index (κ1) is 23.4. The number of anilines is 1. The molecule has 0 spiro atoms. The van der Waals surface area contributed by atoms with E-state index in [1.54, 1.807) is 30.5 Å². The van der Waals surface area contributed by atoms with Crippen molar-refractivity contribution in [3.8, 4) is 0 Å². The minimum Gasteiger partial charge on any atom is -0.376 e. The number of nitrogens with one attached hydrogen (secondary N) is 1. The fourth-order valence-corrected chi connectivity index (χ4v) is 5.50. The molecule has 2 heterocycles. The van der Waals surface area contributed by atoms with Crippen LogP contribution in [0.25, 0.3) is 0 Å². The zero-order valence-electron chi connectivity index (χ0n) is 18.4. The van der Waals surface area contributed by atoms with E-state index in [1.165, 1.54) is 24.4 Å². The van der Waals surface area contributed by atoms with Gasteiger partial charge in [-0.1, -0.05) is 23.7 Å². The number of hydrogen-bond donors (Lipinski definition) is 1. The van der Waals surface area contributed by atoms with E-state index in [9.17, 15) is 13.2 Å². The summed E-state index contributed by atoms with van der Waals surface area (Å²) in [5.74, 6) is -0.0464. The lowest BCUT2D eigenvalue weighted by Gasteiger charge is -2.32. The zero-order valence-corrected chi connectivity index (χ0v) is 19.9. The summed E-state index contributed by atoms with van der Waals surface area (Å²) >= 11 is 6.09. The predicted octanol–water partition coefficient (Wildman–Crippen LogP) is 5.44. The van der Waals surface area contributed by atoms with Gasteiger partial charge in [-0.25, -0.2) is 8.42 Å². The Bertz CT molecular complexity index is 1240. The summed E-state index contributed by atoms with van der Waals surface area (Å²) in [5.41, 5.74) is 1.74. The summed E-state index contributed by atoms with van der Waals surface area (Å²) in [6.07, 6.45) is 5.13. The molecule has 0 aliphatic carbocycles. The first-order valence-corrected chi connectivity index (χ1v) is 12.6. The van der Waals surface area contributed by atoms with E-state index in [4.69, 9.17) is 16.3 Å². The number of sulfonamides is 1. The van der Waals surface area contributed by atoms with Crippen molar-refractivity contribution >= 4 is 33.1 Å². The summed E-state index contributed by atoms with van der Waals surface area (Å²) in [4.78, 5) is 17.1. The van der Waals surface area contributed by atoms with E-state index < -0.39 is 10.0 Å². The number of halogens is 1.